The maximum absolute atomic E-state index is 6.57. The molecule has 2 heterocycles. The first-order valence-electron chi connectivity index (χ1n) is 20.1. The number of benzene rings is 6. The van der Waals surface area contributed by atoms with E-state index in [0.717, 1.165) is 93.6 Å². The van der Waals surface area contributed by atoms with E-state index in [-0.39, 0.29) is 0 Å². The number of allylic oxidation sites excluding steroid dienone is 5. The van der Waals surface area contributed by atoms with Gasteiger partial charge in [-0.15, -0.1) is 0 Å². The van der Waals surface area contributed by atoms with Gasteiger partial charge in [-0.05, 0) is 87.5 Å². The summed E-state index contributed by atoms with van der Waals surface area (Å²) in [6, 6.07) is 47.6. The number of furan rings is 2. The molecule has 0 spiro atoms. The minimum Gasteiger partial charge on any atom is -0.455 e. The van der Waals surface area contributed by atoms with Crippen molar-refractivity contribution >= 4 is 71.0 Å². The van der Waals surface area contributed by atoms with E-state index in [1.54, 1.807) is 0 Å². The van der Waals surface area contributed by atoms with E-state index in [2.05, 4.69) is 148 Å². The fourth-order valence-electron chi connectivity index (χ4n) is 7.58. The second kappa shape index (κ2) is 17.8. The first-order chi connectivity index (χ1) is 27.6. The summed E-state index contributed by atoms with van der Waals surface area (Å²) in [6.07, 6.45) is 8.21. The Morgan fingerprint density at radius 3 is 1.61 bits per heavy atom. The topological polar surface area (TPSA) is 26.3 Å². The van der Waals surface area contributed by atoms with Gasteiger partial charge in [0, 0.05) is 32.7 Å². The first-order valence-corrected chi connectivity index (χ1v) is 20.1. The third-order valence-corrected chi connectivity index (χ3v) is 9.91. The molecule has 0 atom stereocenters. The normalized spacial score (nSPS) is 11.3. The zero-order valence-corrected chi connectivity index (χ0v) is 34.0. The van der Waals surface area contributed by atoms with Crippen LogP contribution in [0.2, 0.25) is 0 Å². The lowest BCUT2D eigenvalue weighted by Gasteiger charge is -2.15. The first kappa shape index (κ1) is 39.3. The minimum absolute atomic E-state index is 0.895. The number of rotatable bonds is 5. The van der Waals surface area contributed by atoms with Crippen molar-refractivity contribution in [1.29, 1.82) is 0 Å². The molecule has 0 saturated carbocycles. The standard InChI is InChI=1S/C48H34O2.3C2H6/c1-4-12-32(13-5-2)42-29-44(41-19-11-18-40-37-15-7-9-21-46(37)50-48(40)41)35-27-24-31-23-26-33(30(3)22-25-34(42)43(35)28-31)38-16-10-17-39-36-14-6-8-20-45(36)49-47(38)39;3*1-2/h4-29H,1H2,2-3H3;3*1-2H3/b13-5-,25-22?,26-23?,30-22?,31-23?,32-12+,33-26?,33-30?,34-25?;;;. The van der Waals surface area contributed by atoms with Crippen molar-refractivity contribution in [2.24, 2.45) is 0 Å². The van der Waals surface area contributed by atoms with Crippen molar-refractivity contribution in [2.75, 3.05) is 0 Å². The second-order valence-electron chi connectivity index (χ2n) is 12.9. The number of aryl methyl sites for hydroxylation is 1. The van der Waals surface area contributed by atoms with Gasteiger partial charge in [-0.25, -0.2) is 0 Å². The number of hydrogen-bond donors (Lipinski definition) is 0. The fourth-order valence-corrected chi connectivity index (χ4v) is 7.58. The van der Waals surface area contributed by atoms with E-state index in [1.165, 1.54) is 10.8 Å². The molecule has 9 aromatic rings. The van der Waals surface area contributed by atoms with Gasteiger partial charge in [-0.1, -0.05) is 182 Å². The maximum atomic E-state index is 6.57. The summed E-state index contributed by atoms with van der Waals surface area (Å²) in [6.45, 7) is 20.3. The Morgan fingerprint density at radius 1 is 0.482 bits per heavy atom. The van der Waals surface area contributed by atoms with E-state index in [0.29, 0.717) is 0 Å². The smallest absolute Gasteiger partial charge is 0.143 e. The number of para-hydroxylation sites is 4. The van der Waals surface area contributed by atoms with Crippen LogP contribution in [-0.4, -0.2) is 0 Å². The zero-order chi connectivity index (χ0) is 39.8. The van der Waals surface area contributed by atoms with Crippen LogP contribution in [0.1, 0.15) is 59.6 Å². The van der Waals surface area contributed by atoms with Gasteiger partial charge >= 0.3 is 0 Å². The molecule has 0 unspecified atom stereocenters. The molecular formula is C54H52O2. The van der Waals surface area contributed by atoms with Crippen molar-refractivity contribution < 1.29 is 8.83 Å². The Labute approximate surface area is 331 Å². The van der Waals surface area contributed by atoms with Crippen molar-refractivity contribution in [3.8, 4) is 22.3 Å². The van der Waals surface area contributed by atoms with E-state index in [1.807, 2.05) is 71.9 Å². The average Bonchev–Trinajstić information content (AvgIpc) is 3.84. The molecule has 2 heteroatoms. The highest BCUT2D eigenvalue weighted by molar-refractivity contribution is 6.17. The average molecular weight is 733 g/mol. The molecule has 0 aliphatic heterocycles. The summed E-state index contributed by atoms with van der Waals surface area (Å²) in [5.41, 5.74) is 11.4. The molecule has 0 fully saturated rings. The largest absolute Gasteiger partial charge is 0.455 e. The van der Waals surface area contributed by atoms with E-state index < -0.39 is 0 Å². The lowest BCUT2D eigenvalue weighted by molar-refractivity contribution is 0.669. The number of hydrogen-bond acceptors (Lipinski definition) is 2. The molecule has 9 rings (SSSR count). The van der Waals surface area contributed by atoms with Crippen LogP contribution in [0.25, 0.3) is 93.2 Å². The molecule has 0 aliphatic rings. The summed E-state index contributed by atoms with van der Waals surface area (Å²) in [4.78, 5) is 0. The van der Waals surface area contributed by atoms with Crippen LogP contribution in [0.15, 0.2) is 173 Å². The lowest BCUT2D eigenvalue weighted by atomic mass is 9.88. The summed E-state index contributed by atoms with van der Waals surface area (Å²) in [5, 5.41) is 9.14. The van der Waals surface area contributed by atoms with E-state index in [4.69, 9.17) is 8.83 Å². The Balaban J connectivity index is 0.000000847. The highest BCUT2D eigenvalue weighted by Gasteiger charge is 2.18. The van der Waals surface area contributed by atoms with Crippen LogP contribution in [0.3, 0.4) is 0 Å². The van der Waals surface area contributed by atoms with Gasteiger partial charge in [0.1, 0.15) is 22.3 Å². The molecular weight excluding hydrogens is 681 g/mol. The maximum Gasteiger partial charge on any atom is 0.143 e. The number of fused-ring (bicyclic) bond motifs is 7. The molecule has 2 bridgehead atoms. The molecule has 56 heavy (non-hydrogen) atoms. The molecule has 0 N–H and O–H groups in total. The quantitative estimate of drug-likeness (QED) is 0.165. The van der Waals surface area contributed by atoms with E-state index >= 15 is 0 Å². The molecule has 0 saturated heterocycles. The van der Waals surface area contributed by atoms with Crippen molar-refractivity contribution in [1.82, 2.24) is 0 Å². The van der Waals surface area contributed by atoms with Gasteiger partial charge in [0.15, 0.2) is 0 Å². The molecule has 2 aromatic heterocycles. The molecule has 280 valence electrons. The van der Waals surface area contributed by atoms with Gasteiger partial charge in [0.2, 0.25) is 0 Å². The monoisotopic (exact) mass is 732 g/mol. The predicted octanol–water partition coefficient (Wildman–Crippen LogP) is 17.2. The second-order valence-corrected chi connectivity index (χ2v) is 12.9. The van der Waals surface area contributed by atoms with Crippen LogP contribution in [-0.2, 0) is 0 Å². The van der Waals surface area contributed by atoms with Crippen LogP contribution in [0, 0.1) is 6.92 Å². The molecule has 7 aromatic carbocycles. The Morgan fingerprint density at radius 2 is 1.02 bits per heavy atom. The highest BCUT2D eigenvalue weighted by Crippen LogP contribution is 2.43. The summed E-state index contributed by atoms with van der Waals surface area (Å²) in [7, 11) is 0. The van der Waals surface area contributed by atoms with Crippen LogP contribution in [0.5, 0.6) is 0 Å². The molecule has 0 radical (unpaired) electrons. The Hall–Kier alpha value is -6.38. The van der Waals surface area contributed by atoms with Crippen LogP contribution in [0.4, 0.5) is 0 Å². The van der Waals surface area contributed by atoms with Crippen LogP contribution >= 0.6 is 0 Å². The Bertz CT molecular complexity index is 2910. The van der Waals surface area contributed by atoms with Gasteiger partial charge in [0.05, 0.1) is 0 Å². The van der Waals surface area contributed by atoms with Gasteiger partial charge < -0.3 is 8.83 Å². The van der Waals surface area contributed by atoms with Crippen molar-refractivity contribution in [2.45, 2.75) is 55.4 Å². The summed E-state index contributed by atoms with van der Waals surface area (Å²) in [5.74, 6) is 0. The third kappa shape index (κ3) is 7.11. The van der Waals surface area contributed by atoms with E-state index in [9.17, 15) is 0 Å². The van der Waals surface area contributed by atoms with Gasteiger partial charge in [0.25, 0.3) is 0 Å². The SMILES string of the molecule is C=C/C=C(\C=C/C)c1cc(-c2cccc3c2oc2ccccc23)c2ccc3ccc(-c4cccc5c4oc4ccccc45)c(C)ccc1c2c3.CC.CC.CC. The zero-order valence-electron chi connectivity index (χ0n) is 34.0. The predicted molar refractivity (Wildman–Crippen MR) is 247 cm³/mol. The molecule has 0 amide bonds. The fraction of sp³-hybridized carbons (Fsp3) is 0.148. The molecule has 2 nitrogen and oxygen atoms in total. The van der Waals surface area contributed by atoms with Gasteiger partial charge in [-0.3, -0.25) is 0 Å². The summed E-state index contributed by atoms with van der Waals surface area (Å²) >= 11 is 0. The molecule has 0 aliphatic carbocycles. The van der Waals surface area contributed by atoms with Crippen molar-refractivity contribution in [3.63, 3.8) is 0 Å². The minimum atomic E-state index is 0.895. The van der Waals surface area contributed by atoms with Crippen LogP contribution < -0.4 is 0 Å². The van der Waals surface area contributed by atoms with Crippen molar-refractivity contribution in [3.05, 3.63) is 175 Å². The Kier molecular flexibility index (Phi) is 12.5. The summed E-state index contributed by atoms with van der Waals surface area (Å²) < 4.78 is 13.1. The third-order valence-electron chi connectivity index (χ3n) is 9.91. The van der Waals surface area contributed by atoms with Gasteiger partial charge in [-0.2, -0.15) is 0 Å². The lowest BCUT2D eigenvalue weighted by Crippen LogP contribution is -1.91. The highest BCUT2D eigenvalue weighted by atomic mass is 16.3.